The molecule has 1 rings (SSSR count). The number of hydrogen-bond donors (Lipinski definition) is 0. The molecule has 0 radical (unpaired) electrons. The van der Waals surface area contributed by atoms with Gasteiger partial charge in [0.2, 0.25) is 0 Å². The summed E-state index contributed by atoms with van der Waals surface area (Å²) in [5, 5.41) is 0.876. The Kier molecular flexibility index (Phi) is 4.20. The third-order valence-electron chi connectivity index (χ3n) is 2.72. The van der Waals surface area contributed by atoms with Gasteiger partial charge in [0, 0.05) is 5.25 Å². The van der Waals surface area contributed by atoms with Crippen molar-refractivity contribution in [2.45, 2.75) is 44.8 Å². The first-order chi connectivity index (χ1) is 5.75. The Bertz CT molecular complexity index is 149. The smallest absolute Gasteiger partial charge is 0.0112 e. The van der Waals surface area contributed by atoms with E-state index in [2.05, 4.69) is 32.2 Å². The summed E-state index contributed by atoms with van der Waals surface area (Å²) >= 11 is 2.13. The highest BCUT2D eigenvalue weighted by molar-refractivity contribution is 7.99. The van der Waals surface area contributed by atoms with Crippen LogP contribution in [0, 0.1) is 5.92 Å². The van der Waals surface area contributed by atoms with E-state index < -0.39 is 0 Å². The Morgan fingerprint density at radius 2 is 2.08 bits per heavy atom. The molecule has 0 aromatic carbocycles. The fraction of sp³-hybridized carbons (Fsp3) is 0.818. The lowest BCUT2D eigenvalue weighted by atomic mass is 9.84. The SMILES string of the molecule is C=C(C)C1CCCCC1SCC. The summed E-state index contributed by atoms with van der Waals surface area (Å²) in [5.41, 5.74) is 1.40. The molecular formula is C11H20S. The van der Waals surface area contributed by atoms with Gasteiger partial charge in [-0.2, -0.15) is 11.8 Å². The summed E-state index contributed by atoms with van der Waals surface area (Å²) in [6, 6.07) is 0. The lowest BCUT2D eigenvalue weighted by Crippen LogP contribution is -2.22. The van der Waals surface area contributed by atoms with E-state index in [1.807, 2.05) is 0 Å². The Hall–Kier alpha value is 0.0900. The zero-order chi connectivity index (χ0) is 8.97. The molecule has 0 heterocycles. The summed E-state index contributed by atoms with van der Waals surface area (Å²) in [5.74, 6) is 2.07. The van der Waals surface area contributed by atoms with Crippen LogP contribution in [0.2, 0.25) is 0 Å². The molecule has 0 bridgehead atoms. The minimum atomic E-state index is 0.809. The lowest BCUT2D eigenvalue weighted by molar-refractivity contribution is 0.416. The van der Waals surface area contributed by atoms with Gasteiger partial charge in [0.05, 0.1) is 0 Å². The van der Waals surface area contributed by atoms with Gasteiger partial charge in [-0.1, -0.05) is 31.9 Å². The largest absolute Gasteiger partial charge is 0.158 e. The van der Waals surface area contributed by atoms with Gasteiger partial charge in [0.25, 0.3) is 0 Å². The maximum Gasteiger partial charge on any atom is 0.0112 e. The molecule has 0 saturated heterocycles. The van der Waals surface area contributed by atoms with E-state index in [0.717, 1.165) is 11.2 Å². The Morgan fingerprint density at radius 3 is 2.67 bits per heavy atom. The van der Waals surface area contributed by atoms with Crippen molar-refractivity contribution < 1.29 is 0 Å². The molecule has 70 valence electrons. The quantitative estimate of drug-likeness (QED) is 0.600. The monoisotopic (exact) mass is 184 g/mol. The fourth-order valence-electron chi connectivity index (χ4n) is 2.07. The van der Waals surface area contributed by atoms with Gasteiger partial charge in [-0.05, 0) is 31.4 Å². The minimum absolute atomic E-state index is 0.809. The summed E-state index contributed by atoms with van der Waals surface area (Å²) in [6.07, 6.45) is 5.64. The molecule has 1 aliphatic rings. The van der Waals surface area contributed by atoms with E-state index in [-0.39, 0.29) is 0 Å². The van der Waals surface area contributed by atoms with Gasteiger partial charge in [0.1, 0.15) is 0 Å². The van der Waals surface area contributed by atoms with Crippen molar-refractivity contribution in [1.82, 2.24) is 0 Å². The Morgan fingerprint density at radius 1 is 1.42 bits per heavy atom. The van der Waals surface area contributed by atoms with Crippen LogP contribution in [0.4, 0.5) is 0 Å². The first-order valence-electron chi connectivity index (χ1n) is 5.02. The summed E-state index contributed by atoms with van der Waals surface area (Å²) in [6.45, 7) is 8.55. The van der Waals surface area contributed by atoms with E-state index in [1.165, 1.54) is 37.0 Å². The summed E-state index contributed by atoms with van der Waals surface area (Å²) in [4.78, 5) is 0. The van der Waals surface area contributed by atoms with E-state index in [4.69, 9.17) is 0 Å². The van der Waals surface area contributed by atoms with E-state index in [9.17, 15) is 0 Å². The van der Waals surface area contributed by atoms with Crippen molar-refractivity contribution in [3.05, 3.63) is 12.2 Å². The van der Waals surface area contributed by atoms with Crippen LogP contribution in [0.1, 0.15) is 39.5 Å². The van der Waals surface area contributed by atoms with Crippen molar-refractivity contribution >= 4 is 11.8 Å². The van der Waals surface area contributed by atoms with Crippen LogP contribution < -0.4 is 0 Å². The predicted octanol–water partition coefficient (Wildman–Crippen LogP) is 3.87. The van der Waals surface area contributed by atoms with Crippen LogP contribution in [0.15, 0.2) is 12.2 Å². The molecule has 0 spiro atoms. The number of thioether (sulfide) groups is 1. The highest BCUT2D eigenvalue weighted by Gasteiger charge is 2.24. The normalized spacial score (nSPS) is 30.2. The zero-order valence-corrected chi connectivity index (χ0v) is 9.12. The molecule has 0 amide bonds. The molecule has 0 aliphatic heterocycles. The maximum atomic E-state index is 4.10. The van der Waals surface area contributed by atoms with Gasteiger partial charge in [-0.15, -0.1) is 0 Å². The molecule has 2 unspecified atom stereocenters. The number of allylic oxidation sites excluding steroid dienone is 1. The molecule has 1 heteroatoms. The van der Waals surface area contributed by atoms with Crippen LogP contribution in [-0.2, 0) is 0 Å². The van der Waals surface area contributed by atoms with Gasteiger partial charge in [0.15, 0.2) is 0 Å². The summed E-state index contributed by atoms with van der Waals surface area (Å²) in [7, 11) is 0. The van der Waals surface area contributed by atoms with Crippen molar-refractivity contribution in [3.63, 3.8) is 0 Å². The first-order valence-corrected chi connectivity index (χ1v) is 6.07. The van der Waals surface area contributed by atoms with Crippen LogP contribution in [0.5, 0.6) is 0 Å². The number of hydrogen-bond acceptors (Lipinski definition) is 1. The molecule has 1 saturated carbocycles. The first kappa shape index (κ1) is 10.2. The van der Waals surface area contributed by atoms with Crippen LogP contribution >= 0.6 is 11.8 Å². The van der Waals surface area contributed by atoms with E-state index in [1.54, 1.807) is 0 Å². The van der Waals surface area contributed by atoms with Crippen molar-refractivity contribution in [2.24, 2.45) is 5.92 Å². The molecule has 2 atom stereocenters. The Labute approximate surface area is 80.8 Å². The van der Waals surface area contributed by atoms with E-state index >= 15 is 0 Å². The molecule has 1 fully saturated rings. The van der Waals surface area contributed by atoms with Crippen LogP contribution in [0.3, 0.4) is 0 Å². The second kappa shape index (κ2) is 4.96. The highest BCUT2D eigenvalue weighted by Crippen LogP contribution is 2.36. The van der Waals surface area contributed by atoms with Crippen molar-refractivity contribution in [2.75, 3.05) is 5.75 Å². The van der Waals surface area contributed by atoms with Crippen LogP contribution in [-0.4, -0.2) is 11.0 Å². The zero-order valence-electron chi connectivity index (χ0n) is 8.31. The topological polar surface area (TPSA) is 0 Å². The fourth-order valence-corrected chi connectivity index (χ4v) is 3.44. The summed E-state index contributed by atoms with van der Waals surface area (Å²) < 4.78 is 0. The number of rotatable bonds is 3. The average molecular weight is 184 g/mol. The van der Waals surface area contributed by atoms with Gasteiger partial charge >= 0.3 is 0 Å². The molecule has 0 aromatic rings. The predicted molar refractivity (Wildman–Crippen MR) is 58.7 cm³/mol. The Balaban J connectivity index is 2.48. The maximum absolute atomic E-state index is 4.10. The van der Waals surface area contributed by atoms with Gasteiger partial charge in [-0.25, -0.2) is 0 Å². The minimum Gasteiger partial charge on any atom is -0.158 e. The van der Waals surface area contributed by atoms with Crippen LogP contribution in [0.25, 0.3) is 0 Å². The standard InChI is InChI=1S/C11H20S/c1-4-12-11-8-6-5-7-10(11)9(2)3/h10-11H,2,4-8H2,1,3H3. The molecule has 1 aliphatic carbocycles. The average Bonchev–Trinajstić information content (AvgIpc) is 2.05. The molecule has 0 N–H and O–H groups in total. The highest BCUT2D eigenvalue weighted by atomic mass is 32.2. The molecule has 12 heavy (non-hydrogen) atoms. The second-order valence-corrected chi connectivity index (χ2v) is 5.25. The van der Waals surface area contributed by atoms with Gasteiger partial charge < -0.3 is 0 Å². The van der Waals surface area contributed by atoms with Gasteiger partial charge in [-0.3, -0.25) is 0 Å². The van der Waals surface area contributed by atoms with E-state index in [0.29, 0.717) is 0 Å². The molecular weight excluding hydrogens is 164 g/mol. The third-order valence-corrected chi connectivity index (χ3v) is 4.04. The molecule has 0 aromatic heterocycles. The lowest BCUT2D eigenvalue weighted by Gasteiger charge is -2.31. The van der Waals surface area contributed by atoms with Crippen molar-refractivity contribution in [1.29, 1.82) is 0 Å². The third kappa shape index (κ3) is 2.55. The van der Waals surface area contributed by atoms with Crippen molar-refractivity contribution in [3.8, 4) is 0 Å². The second-order valence-electron chi connectivity index (χ2n) is 3.73. The molecule has 0 nitrogen and oxygen atoms in total.